The van der Waals surface area contributed by atoms with Crippen LogP contribution < -0.4 is 5.32 Å². The van der Waals surface area contributed by atoms with Crippen molar-refractivity contribution in [3.05, 3.63) is 18.2 Å². The second-order valence-corrected chi connectivity index (χ2v) is 5.26. The Balaban J connectivity index is 1.70. The zero-order valence-corrected chi connectivity index (χ0v) is 10.4. The summed E-state index contributed by atoms with van der Waals surface area (Å²) in [5.74, 6) is 1.81. The minimum Gasteiger partial charge on any atom is -0.337 e. The van der Waals surface area contributed by atoms with E-state index >= 15 is 0 Å². The molecule has 0 amide bonds. The van der Waals surface area contributed by atoms with Crippen LogP contribution in [0.15, 0.2) is 12.5 Å². The first-order chi connectivity index (χ1) is 7.75. The van der Waals surface area contributed by atoms with Crippen LogP contribution in [-0.4, -0.2) is 16.1 Å². The summed E-state index contributed by atoms with van der Waals surface area (Å²) in [6.45, 7) is 4.49. The summed E-state index contributed by atoms with van der Waals surface area (Å²) in [7, 11) is 2.05. The van der Waals surface area contributed by atoms with Gasteiger partial charge >= 0.3 is 0 Å². The molecule has 0 bridgehead atoms. The van der Waals surface area contributed by atoms with Crippen molar-refractivity contribution in [1.29, 1.82) is 0 Å². The molecule has 1 heterocycles. The third-order valence-electron chi connectivity index (χ3n) is 3.70. The number of hydrogen-bond donors (Lipinski definition) is 1. The lowest BCUT2D eigenvalue weighted by Gasteiger charge is -2.26. The lowest BCUT2D eigenvalue weighted by Crippen LogP contribution is -2.26. The first-order valence-electron chi connectivity index (χ1n) is 6.41. The van der Waals surface area contributed by atoms with Crippen molar-refractivity contribution in [2.45, 2.75) is 39.2 Å². The van der Waals surface area contributed by atoms with Crippen molar-refractivity contribution in [3.63, 3.8) is 0 Å². The lowest BCUT2D eigenvalue weighted by molar-refractivity contribution is 0.273. The van der Waals surface area contributed by atoms with Crippen molar-refractivity contribution in [3.8, 4) is 0 Å². The normalized spacial score (nSPS) is 25.9. The number of nitrogens with zero attached hydrogens (tertiary/aromatic N) is 2. The van der Waals surface area contributed by atoms with E-state index in [1.54, 1.807) is 0 Å². The Morgan fingerprint density at radius 1 is 1.50 bits per heavy atom. The summed E-state index contributed by atoms with van der Waals surface area (Å²) in [5.41, 5.74) is 1.27. The average molecular weight is 221 g/mol. The SMILES string of the molecule is CC1CCCC(CNCc2cncn2C)C1. The van der Waals surface area contributed by atoms with E-state index in [0.717, 1.165) is 24.9 Å². The molecule has 0 saturated heterocycles. The number of rotatable bonds is 4. The maximum Gasteiger partial charge on any atom is 0.0945 e. The Labute approximate surface area is 98.3 Å². The van der Waals surface area contributed by atoms with Crippen molar-refractivity contribution in [1.82, 2.24) is 14.9 Å². The molecule has 1 aliphatic rings. The maximum atomic E-state index is 4.12. The molecule has 0 radical (unpaired) electrons. The van der Waals surface area contributed by atoms with Gasteiger partial charge in [-0.3, -0.25) is 0 Å². The van der Waals surface area contributed by atoms with E-state index in [2.05, 4.69) is 21.8 Å². The van der Waals surface area contributed by atoms with Crippen LogP contribution >= 0.6 is 0 Å². The van der Waals surface area contributed by atoms with Gasteiger partial charge in [-0.2, -0.15) is 0 Å². The molecule has 0 aliphatic heterocycles. The highest BCUT2D eigenvalue weighted by molar-refractivity contribution is 4.96. The molecule has 90 valence electrons. The van der Waals surface area contributed by atoms with Gasteiger partial charge in [-0.15, -0.1) is 0 Å². The fourth-order valence-corrected chi connectivity index (χ4v) is 2.70. The van der Waals surface area contributed by atoms with Gasteiger partial charge < -0.3 is 9.88 Å². The molecular weight excluding hydrogens is 198 g/mol. The van der Waals surface area contributed by atoms with Gasteiger partial charge in [0.25, 0.3) is 0 Å². The molecular formula is C13H23N3. The van der Waals surface area contributed by atoms with Gasteiger partial charge in [-0.25, -0.2) is 4.98 Å². The minimum atomic E-state index is 0.886. The molecule has 1 aromatic heterocycles. The summed E-state index contributed by atoms with van der Waals surface area (Å²) in [6.07, 6.45) is 9.45. The Kier molecular flexibility index (Phi) is 3.99. The van der Waals surface area contributed by atoms with Crippen LogP contribution in [0.1, 0.15) is 38.3 Å². The third kappa shape index (κ3) is 3.08. The fraction of sp³-hybridized carbons (Fsp3) is 0.769. The van der Waals surface area contributed by atoms with Crippen LogP contribution in [0.2, 0.25) is 0 Å². The highest BCUT2D eigenvalue weighted by Gasteiger charge is 2.18. The Morgan fingerprint density at radius 3 is 3.06 bits per heavy atom. The van der Waals surface area contributed by atoms with Crippen LogP contribution in [0.25, 0.3) is 0 Å². The zero-order chi connectivity index (χ0) is 11.4. The number of aromatic nitrogens is 2. The van der Waals surface area contributed by atoms with Crippen molar-refractivity contribution >= 4 is 0 Å². The highest BCUT2D eigenvalue weighted by atomic mass is 15.0. The monoisotopic (exact) mass is 221 g/mol. The molecule has 2 unspecified atom stereocenters. The van der Waals surface area contributed by atoms with Crippen molar-refractivity contribution < 1.29 is 0 Å². The lowest BCUT2D eigenvalue weighted by atomic mass is 9.82. The summed E-state index contributed by atoms with van der Waals surface area (Å²) in [6, 6.07) is 0. The summed E-state index contributed by atoms with van der Waals surface area (Å²) >= 11 is 0. The summed E-state index contributed by atoms with van der Waals surface area (Å²) in [5, 5.41) is 3.56. The van der Waals surface area contributed by atoms with E-state index in [1.807, 2.05) is 19.6 Å². The van der Waals surface area contributed by atoms with Gasteiger partial charge in [0.05, 0.1) is 12.0 Å². The summed E-state index contributed by atoms with van der Waals surface area (Å²) in [4.78, 5) is 4.12. The number of aryl methyl sites for hydroxylation is 1. The third-order valence-corrected chi connectivity index (χ3v) is 3.70. The van der Waals surface area contributed by atoms with Gasteiger partial charge in [0, 0.05) is 19.8 Å². The number of imidazole rings is 1. The standard InChI is InChI=1S/C13H23N3/c1-11-4-3-5-12(6-11)7-14-8-13-9-15-10-16(13)2/h9-12,14H,3-8H2,1-2H3. The van der Waals surface area contributed by atoms with E-state index in [-0.39, 0.29) is 0 Å². The topological polar surface area (TPSA) is 29.9 Å². The van der Waals surface area contributed by atoms with Gasteiger partial charge in [0.1, 0.15) is 0 Å². The molecule has 1 N–H and O–H groups in total. The van der Waals surface area contributed by atoms with Gasteiger partial charge in [0.15, 0.2) is 0 Å². The average Bonchev–Trinajstić information content (AvgIpc) is 2.65. The highest BCUT2D eigenvalue weighted by Crippen LogP contribution is 2.27. The molecule has 1 aromatic rings. The molecule has 3 heteroatoms. The molecule has 1 saturated carbocycles. The van der Waals surface area contributed by atoms with Crippen LogP contribution in [0, 0.1) is 11.8 Å². The quantitative estimate of drug-likeness (QED) is 0.845. The zero-order valence-electron chi connectivity index (χ0n) is 10.4. The summed E-state index contributed by atoms with van der Waals surface area (Å²) < 4.78 is 2.08. The van der Waals surface area contributed by atoms with E-state index in [4.69, 9.17) is 0 Å². The van der Waals surface area contributed by atoms with Gasteiger partial charge in [0.2, 0.25) is 0 Å². The Morgan fingerprint density at radius 2 is 2.38 bits per heavy atom. The Bertz CT molecular complexity index is 319. The van der Waals surface area contributed by atoms with Crippen LogP contribution in [0.5, 0.6) is 0 Å². The largest absolute Gasteiger partial charge is 0.337 e. The van der Waals surface area contributed by atoms with Gasteiger partial charge in [-0.1, -0.05) is 19.8 Å². The molecule has 2 rings (SSSR count). The smallest absolute Gasteiger partial charge is 0.0945 e. The van der Waals surface area contributed by atoms with Crippen molar-refractivity contribution in [2.75, 3.05) is 6.54 Å². The first kappa shape index (κ1) is 11.6. The number of nitrogens with one attached hydrogen (secondary N) is 1. The fourth-order valence-electron chi connectivity index (χ4n) is 2.70. The van der Waals surface area contributed by atoms with Crippen LogP contribution in [-0.2, 0) is 13.6 Å². The second-order valence-electron chi connectivity index (χ2n) is 5.26. The molecule has 1 fully saturated rings. The van der Waals surface area contributed by atoms with Crippen molar-refractivity contribution in [2.24, 2.45) is 18.9 Å². The van der Waals surface area contributed by atoms with Gasteiger partial charge in [-0.05, 0) is 31.2 Å². The minimum absolute atomic E-state index is 0.886. The molecule has 2 atom stereocenters. The molecule has 16 heavy (non-hydrogen) atoms. The predicted octanol–water partition coefficient (Wildman–Crippen LogP) is 2.34. The Hall–Kier alpha value is -0.830. The van der Waals surface area contributed by atoms with E-state index in [0.29, 0.717) is 0 Å². The van der Waals surface area contributed by atoms with E-state index in [9.17, 15) is 0 Å². The van der Waals surface area contributed by atoms with Crippen LogP contribution in [0.3, 0.4) is 0 Å². The first-order valence-corrected chi connectivity index (χ1v) is 6.41. The number of hydrogen-bond acceptors (Lipinski definition) is 2. The van der Waals surface area contributed by atoms with Crippen LogP contribution in [0.4, 0.5) is 0 Å². The van der Waals surface area contributed by atoms with E-state index in [1.165, 1.54) is 31.4 Å². The second kappa shape index (κ2) is 5.48. The van der Waals surface area contributed by atoms with E-state index < -0.39 is 0 Å². The molecule has 1 aliphatic carbocycles. The predicted molar refractivity (Wildman–Crippen MR) is 66.0 cm³/mol. The molecule has 0 aromatic carbocycles. The molecule has 3 nitrogen and oxygen atoms in total. The maximum absolute atomic E-state index is 4.12. The molecule has 0 spiro atoms.